The van der Waals surface area contributed by atoms with Gasteiger partial charge in [-0.25, -0.2) is 0 Å². The number of hydrogen-bond acceptors (Lipinski definition) is 3. The third-order valence-electron chi connectivity index (χ3n) is 8.50. The number of hydrogen-bond donors (Lipinski definition) is 1. The minimum Gasteiger partial charge on any atom is -0.373 e. The maximum Gasteiger partial charge on any atom is 0.220 e. The van der Waals surface area contributed by atoms with E-state index in [4.69, 9.17) is 4.74 Å². The first-order valence-corrected chi connectivity index (χ1v) is 11.9. The molecule has 31 heavy (non-hydrogen) atoms. The van der Waals surface area contributed by atoms with E-state index in [1.807, 2.05) is 23.1 Å². The van der Waals surface area contributed by atoms with Crippen molar-refractivity contribution < 1.29 is 9.53 Å². The Morgan fingerprint density at radius 1 is 1.29 bits per heavy atom. The second kappa shape index (κ2) is 7.77. The lowest BCUT2D eigenvalue weighted by Crippen LogP contribution is -2.58. The number of carbonyl (C=O) groups is 1. The van der Waals surface area contributed by atoms with Gasteiger partial charge in [0.15, 0.2) is 0 Å². The topological polar surface area (TPSA) is 56.2 Å². The molecule has 0 unspecified atom stereocenters. The highest BCUT2D eigenvalue weighted by Crippen LogP contribution is 2.70. The third kappa shape index (κ3) is 3.42. The average molecular weight is 422 g/mol. The lowest BCUT2D eigenvalue weighted by atomic mass is 9.59. The molecule has 5 heteroatoms. The smallest absolute Gasteiger partial charge is 0.220 e. The highest BCUT2D eigenvalue weighted by molar-refractivity contribution is 5.76. The quantitative estimate of drug-likeness (QED) is 0.734. The van der Waals surface area contributed by atoms with Gasteiger partial charge in [-0.1, -0.05) is 45.0 Å². The molecule has 1 aromatic carbocycles. The van der Waals surface area contributed by atoms with Crippen LogP contribution in [-0.2, 0) is 16.1 Å². The van der Waals surface area contributed by atoms with Gasteiger partial charge >= 0.3 is 0 Å². The molecular formula is C26H35N3O2. The molecule has 2 aliphatic carbocycles. The highest BCUT2D eigenvalue weighted by atomic mass is 16.5. The van der Waals surface area contributed by atoms with Crippen molar-refractivity contribution in [3.63, 3.8) is 0 Å². The van der Waals surface area contributed by atoms with Gasteiger partial charge < -0.3 is 10.1 Å². The molecule has 1 N–H and O–H groups in total. The Hall–Kier alpha value is -2.14. The fourth-order valence-electron chi connectivity index (χ4n) is 6.97. The molecule has 2 saturated carbocycles. The molecule has 5 rings (SSSR count). The number of fused-ring (bicyclic) bond motifs is 1. The van der Waals surface area contributed by atoms with Crippen LogP contribution in [0.5, 0.6) is 0 Å². The van der Waals surface area contributed by atoms with Crippen molar-refractivity contribution in [2.75, 3.05) is 6.61 Å². The van der Waals surface area contributed by atoms with E-state index in [0.717, 1.165) is 26.0 Å². The summed E-state index contributed by atoms with van der Waals surface area (Å²) in [6, 6.07) is 11.1. The van der Waals surface area contributed by atoms with Crippen LogP contribution in [0.25, 0.3) is 0 Å². The summed E-state index contributed by atoms with van der Waals surface area (Å²) in [5.74, 6) is 1.34. The SMILES string of the molecule is CCCC(=O)N[C@@H]1C(C)(C)[C@@H]2C[C@@H]3[C@@H](c4ccc(Cn5cccn5)cc4)OCC[C@@]31C2. The zero-order valence-electron chi connectivity index (χ0n) is 19.0. The van der Waals surface area contributed by atoms with Crippen LogP contribution in [0.3, 0.4) is 0 Å². The molecule has 1 amide bonds. The molecule has 1 saturated heterocycles. The van der Waals surface area contributed by atoms with Gasteiger partial charge in [0.25, 0.3) is 0 Å². The molecule has 3 aliphatic rings. The maximum atomic E-state index is 12.6. The molecule has 5 nitrogen and oxygen atoms in total. The molecule has 2 bridgehead atoms. The van der Waals surface area contributed by atoms with Gasteiger partial charge in [0.2, 0.25) is 5.91 Å². The van der Waals surface area contributed by atoms with Crippen molar-refractivity contribution in [1.29, 1.82) is 0 Å². The first-order valence-electron chi connectivity index (χ1n) is 11.9. The Morgan fingerprint density at radius 2 is 2.10 bits per heavy atom. The summed E-state index contributed by atoms with van der Waals surface area (Å²) in [5, 5.41) is 7.80. The normalized spacial score (nSPS) is 33.3. The van der Waals surface area contributed by atoms with Crippen LogP contribution in [0.2, 0.25) is 0 Å². The van der Waals surface area contributed by atoms with Gasteiger partial charge in [-0.15, -0.1) is 0 Å². The van der Waals surface area contributed by atoms with Crippen LogP contribution in [0.4, 0.5) is 0 Å². The molecule has 5 atom stereocenters. The Bertz CT molecular complexity index is 921. The van der Waals surface area contributed by atoms with E-state index in [1.54, 1.807) is 0 Å². The number of rotatable bonds is 6. The van der Waals surface area contributed by atoms with Crippen molar-refractivity contribution in [3.8, 4) is 0 Å². The zero-order valence-corrected chi connectivity index (χ0v) is 19.0. The number of ether oxygens (including phenoxy) is 1. The average Bonchev–Trinajstić information content (AvgIpc) is 3.44. The molecule has 1 aromatic heterocycles. The largest absolute Gasteiger partial charge is 0.373 e. The molecule has 0 radical (unpaired) electrons. The minimum atomic E-state index is 0.124. The lowest BCUT2D eigenvalue weighted by Gasteiger charge is -2.53. The Morgan fingerprint density at radius 3 is 2.81 bits per heavy atom. The first-order chi connectivity index (χ1) is 14.9. The minimum absolute atomic E-state index is 0.124. The van der Waals surface area contributed by atoms with Gasteiger partial charge in [-0.3, -0.25) is 9.48 Å². The molecule has 1 aliphatic heterocycles. The molecule has 1 spiro atoms. The Labute approximate surface area is 185 Å². The fraction of sp³-hybridized carbons (Fsp3) is 0.615. The summed E-state index contributed by atoms with van der Waals surface area (Å²) in [7, 11) is 0. The third-order valence-corrected chi connectivity index (χ3v) is 8.50. The molecule has 2 aromatic rings. The number of aromatic nitrogens is 2. The van der Waals surface area contributed by atoms with E-state index in [-0.39, 0.29) is 28.9 Å². The lowest BCUT2D eigenvalue weighted by molar-refractivity contribution is -0.137. The van der Waals surface area contributed by atoms with Crippen molar-refractivity contribution in [2.24, 2.45) is 22.7 Å². The van der Waals surface area contributed by atoms with Crippen LogP contribution < -0.4 is 5.32 Å². The van der Waals surface area contributed by atoms with Crippen molar-refractivity contribution in [2.45, 2.75) is 71.6 Å². The van der Waals surface area contributed by atoms with Crippen molar-refractivity contribution in [3.05, 3.63) is 53.9 Å². The predicted molar refractivity (Wildman–Crippen MR) is 120 cm³/mol. The maximum absolute atomic E-state index is 12.6. The highest BCUT2D eigenvalue weighted by Gasteiger charge is 2.68. The van der Waals surface area contributed by atoms with Gasteiger partial charge in [0.05, 0.1) is 12.6 Å². The first kappa shape index (κ1) is 20.7. The van der Waals surface area contributed by atoms with Gasteiger partial charge in [-0.2, -0.15) is 5.10 Å². The van der Waals surface area contributed by atoms with E-state index in [1.165, 1.54) is 24.0 Å². The van der Waals surface area contributed by atoms with E-state index >= 15 is 0 Å². The number of nitrogens with one attached hydrogen (secondary N) is 1. The predicted octanol–water partition coefficient (Wildman–Crippen LogP) is 4.73. The van der Waals surface area contributed by atoms with Gasteiger partial charge in [0.1, 0.15) is 0 Å². The summed E-state index contributed by atoms with van der Waals surface area (Å²) >= 11 is 0. The second-order valence-corrected chi connectivity index (χ2v) is 10.5. The standard InChI is InChI=1S/C26H35N3O2/c1-4-6-22(30)28-24-25(2,3)20-15-21-23(31-14-11-26(21,24)16-20)19-9-7-18(8-10-19)17-29-13-5-12-27-29/h5,7-10,12-13,20-21,23-24H,4,6,11,14-17H2,1-3H3,(H,28,30)/t20-,21-,23-,24-,26-/m1/s1. The number of carbonyl (C=O) groups excluding carboxylic acids is 1. The van der Waals surface area contributed by atoms with E-state index in [9.17, 15) is 4.79 Å². The molecule has 166 valence electrons. The summed E-state index contributed by atoms with van der Waals surface area (Å²) in [6.07, 6.45) is 8.93. The summed E-state index contributed by atoms with van der Waals surface area (Å²) in [5.41, 5.74) is 2.83. The number of nitrogens with zero attached hydrogens (tertiary/aromatic N) is 2. The Kier molecular flexibility index (Phi) is 5.20. The number of benzene rings is 1. The molecule has 2 heterocycles. The summed E-state index contributed by atoms with van der Waals surface area (Å²) in [4.78, 5) is 12.6. The second-order valence-electron chi connectivity index (χ2n) is 10.5. The summed E-state index contributed by atoms with van der Waals surface area (Å²) in [6.45, 7) is 8.38. The zero-order chi connectivity index (χ0) is 21.6. The Balaban J connectivity index is 1.38. The van der Waals surface area contributed by atoms with Crippen molar-refractivity contribution in [1.82, 2.24) is 15.1 Å². The van der Waals surface area contributed by atoms with Gasteiger partial charge in [0, 0.05) is 31.5 Å². The van der Waals surface area contributed by atoms with Crippen LogP contribution >= 0.6 is 0 Å². The van der Waals surface area contributed by atoms with E-state index in [2.05, 4.69) is 55.5 Å². The van der Waals surface area contributed by atoms with Crippen LogP contribution in [0.1, 0.15) is 70.1 Å². The van der Waals surface area contributed by atoms with Crippen molar-refractivity contribution >= 4 is 5.91 Å². The van der Waals surface area contributed by atoms with Crippen LogP contribution in [0.15, 0.2) is 42.7 Å². The summed E-state index contributed by atoms with van der Waals surface area (Å²) < 4.78 is 8.36. The van der Waals surface area contributed by atoms with Crippen LogP contribution in [-0.4, -0.2) is 28.3 Å². The van der Waals surface area contributed by atoms with Crippen LogP contribution in [0, 0.1) is 22.7 Å². The molecule has 3 fully saturated rings. The number of amides is 1. The monoisotopic (exact) mass is 421 g/mol. The fourth-order valence-corrected chi connectivity index (χ4v) is 6.97. The van der Waals surface area contributed by atoms with E-state index in [0.29, 0.717) is 18.3 Å². The molecular weight excluding hydrogens is 386 g/mol. The van der Waals surface area contributed by atoms with Gasteiger partial charge in [-0.05, 0) is 65.5 Å². The van der Waals surface area contributed by atoms with E-state index < -0.39 is 0 Å².